The van der Waals surface area contributed by atoms with Crippen LogP contribution in [-0.2, 0) is 0 Å². The van der Waals surface area contributed by atoms with Gasteiger partial charge in [0.25, 0.3) is 0 Å². The maximum absolute atomic E-state index is 6.72. The van der Waals surface area contributed by atoms with Crippen molar-refractivity contribution in [2.75, 3.05) is 0 Å². The Labute approximate surface area is 389 Å². The van der Waals surface area contributed by atoms with Crippen LogP contribution in [0.4, 0.5) is 0 Å². The van der Waals surface area contributed by atoms with Gasteiger partial charge in [0.1, 0.15) is 11.2 Å². The van der Waals surface area contributed by atoms with Crippen molar-refractivity contribution in [2.24, 2.45) is 0 Å². The number of hydrogen-bond donors (Lipinski definition) is 0. The van der Waals surface area contributed by atoms with Crippen LogP contribution in [0.3, 0.4) is 0 Å². The second-order valence-electron chi connectivity index (χ2n) is 16.5. The Balaban J connectivity index is 1.10. The third kappa shape index (κ3) is 6.68. The smallest absolute Gasteiger partial charge is 0.166 e. The predicted molar refractivity (Wildman–Crippen MR) is 271 cm³/mol. The van der Waals surface area contributed by atoms with E-state index in [0.717, 1.165) is 93.9 Å². The summed E-state index contributed by atoms with van der Waals surface area (Å²) in [7, 11) is 0. The van der Waals surface area contributed by atoms with Crippen LogP contribution in [-0.4, -0.2) is 39.5 Å². The van der Waals surface area contributed by atoms with Gasteiger partial charge in [0.15, 0.2) is 34.9 Å². The van der Waals surface area contributed by atoms with Gasteiger partial charge in [-0.2, -0.15) is 0 Å². The van der Waals surface area contributed by atoms with Crippen molar-refractivity contribution < 1.29 is 4.42 Å². The average molecular weight is 873 g/mol. The summed E-state index contributed by atoms with van der Waals surface area (Å²) in [6.45, 7) is 0. The molecule has 318 valence electrons. The van der Waals surface area contributed by atoms with Crippen LogP contribution in [0.15, 0.2) is 223 Å². The molecule has 0 aliphatic carbocycles. The molecule has 0 spiro atoms. The zero-order valence-electron chi connectivity index (χ0n) is 36.3. The van der Waals surface area contributed by atoms with Gasteiger partial charge in [-0.1, -0.05) is 158 Å². The van der Waals surface area contributed by atoms with Crippen molar-refractivity contribution in [3.05, 3.63) is 219 Å². The van der Waals surface area contributed by atoms with E-state index in [4.69, 9.17) is 39.3 Å². The standard InChI is InChI=1S/C59H36N8O/c1-5-17-37(18-6-1)54-61-55(38-19-7-2-8-20-38)64-58(63-54)41-29-31-49(67-48-27-15-13-26-45(48)52-50(67)32-30-44-43-25-14-16-28-51(43)68-53(44)52)46(35-41)42-33-34-60-36-47(42)59-65-56(39-21-9-3-10-22-39)62-57(66-59)40-23-11-4-12-24-40/h1-36H. The van der Waals surface area contributed by atoms with E-state index in [1.54, 1.807) is 0 Å². The molecule has 0 saturated heterocycles. The van der Waals surface area contributed by atoms with Gasteiger partial charge in [0.2, 0.25) is 0 Å². The molecule has 0 bridgehead atoms. The van der Waals surface area contributed by atoms with Gasteiger partial charge in [-0.3, -0.25) is 4.98 Å². The van der Waals surface area contributed by atoms with E-state index < -0.39 is 0 Å². The largest absolute Gasteiger partial charge is 0.455 e. The van der Waals surface area contributed by atoms with Crippen molar-refractivity contribution in [3.8, 4) is 85.1 Å². The summed E-state index contributed by atoms with van der Waals surface area (Å²) in [6.07, 6.45) is 3.67. The van der Waals surface area contributed by atoms with Gasteiger partial charge in [-0.05, 0) is 54.1 Å². The Morgan fingerprint density at radius 1 is 0.338 bits per heavy atom. The van der Waals surface area contributed by atoms with E-state index in [1.807, 2.05) is 152 Å². The van der Waals surface area contributed by atoms with E-state index in [9.17, 15) is 0 Å². The van der Waals surface area contributed by atoms with Crippen molar-refractivity contribution in [1.29, 1.82) is 0 Å². The highest BCUT2D eigenvalue weighted by atomic mass is 16.3. The number of benzene rings is 8. The van der Waals surface area contributed by atoms with Crippen LogP contribution in [0.5, 0.6) is 0 Å². The van der Waals surface area contributed by atoms with Gasteiger partial charge < -0.3 is 8.98 Å². The molecule has 0 radical (unpaired) electrons. The Hall–Kier alpha value is -9.47. The second kappa shape index (κ2) is 16.2. The number of fused-ring (bicyclic) bond motifs is 7. The lowest BCUT2D eigenvalue weighted by Crippen LogP contribution is -2.04. The molecule has 5 heterocycles. The average Bonchev–Trinajstić information content (AvgIpc) is 3.97. The molecule has 13 aromatic rings. The molecule has 0 N–H and O–H groups in total. The number of aromatic nitrogens is 8. The Morgan fingerprint density at radius 2 is 0.838 bits per heavy atom. The summed E-state index contributed by atoms with van der Waals surface area (Å²) in [5.41, 5.74) is 11.5. The van der Waals surface area contributed by atoms with Crippen molar-refractivity contribution in [1.82, 2.24) is 39.5 Å². The molecular weight excluding hydrogens is 837 g/mol. The fourth-order valence-electron chi connectivity index (χ4n) is 9.25. The number of furan rings is 1. The Morgan fingerprint density at radius 3 is 1.43 bits per heavy atom. The number of nitrogens with zero attached hydrogens (tertiary/aromatic N) is 8. The topological polar surface area (TPSA) is 108 Å². The summed E-state index contributed by atoms with van der Waals surface area (Å²) in [4.78, 5) is 35.4. The van der Waals surface area contributed by atoms with E-state index >= 15 is 0 Å². The van der Waals surface area contributed by atoms with Gasteiger partial charge in [0, 0.05) is 67.5 Å². The first-order chi connectivity index (χ1) is 33.7. The summed E-state index contributed by atoms with van der Waals surface area (Å²) in [6, 6.07) is 69.7. The molecule has 5 aromatic heterocycles. The quantitative estimate of drug-likeness (QED) is 0.148. The Bertz CT molecular complexity index is 3910. The fraction of sp³-hybridized carbons (Fsp3) is 0. The number of hydrogen-bond acceptors (Lipinski definition) is 8. The van der Waals surface area contributed by atoms with Crippen LogP contribution in [0.2, 0.25) is 0 Å². The molecule has 9 nitrogen and oxygen atoms in total. The highest BCUT2D eigenvalue weighted by molar-refractivity contribution is 6.24. The van der Waals surface area contributed by atoms with Crippen molar-refractivity contribution in [2.45, 2.75) is 0 Å². The van der Waals surface area contributed by atoms with Gasteiger partial charge in [0.05, 0.1) is 22.1 Å². The molecule has 0 atom stereocenters. The first-order valence-corrected chi connectivity index (χ1v) is 22.4. The van der Waals surface area contributed by atoms with Crippen LogP contribution >= 0.6 is 0 Å². The summed E-state index contributed by atoms with van der Waals surface area (Å²) in [5.74, 6) is 3.29. The third-order valence-electron chi connectivity index (χ3n) is 12.4. The molecule has 0 aliphatic heterocycles. The molecule has 0 amide bonds. The predicted octanol–water partition coefficient (Wildman–Crippen LogP) is 14.1. The molecule has 0 saturated carbocycles. The lowest BCUT2D eigenvalue weighted by molar-refractivity contribution is 0.673. The van der Waals surface area contributed by atoms with Crippen molar-refractivity contribution in [3.63, 3.8) is 0 Å². The van der Waals surface area contributed by atoms with Gasteiger partial charge >= 0.3 is 0 Å². The first-order valence-electron chi connectivity index (χ1n) is 22.4. The van der Waals surface area contributed by atoms with Crippen LogP contribution in [0.25, 0.3) is 129 Å². The number of rotatable bonds is 8. The molecule has 0 unspecified atom stereocenters. The second-order valence-corrected chi connectivity index (χ2v) is 16.5. The Kier molecular flexibility index (Phi) is 9.28. The van der Waals surface area contributed by atoms with E-state index in [2.05, 4.69) is 71.3 Å². The number of para-hydroxylation sites is 2. The third-order valence-corrected chi connectivity index (χ3v) is 12.4. The van der Waals surface area contributed by atoms with Crippen LogP contribution < -0.4 is 0 Å². The monoisotopic (exact) mass is 872 g/mol. The summed E-state index contributed by atoms with van der Waals surface area (Å²) >= 11 is 0. The molecular formula is C59H36N8O. The summed E-state index contributed by atoms with van der Waals surface area (Å²) in [5, 5.41) is 4.26. The maximum Gasteiger partial charge on any atom is 0.166 e. The van der Waals surface area contributed by atoms with Crippen molar-refractivity contribution >= 4 is 43.7 Å². The van der Waals surface area contributed by atoms with E-state index in [0.29, 0.717) is 34.9 Å². The highest BCUT2D eigenvalue weighted by Gasteiger charge is 2.24. The first kappa shape index (κ1) is 38.9. The minimum atomic E-state index is 0.487. The molecule has 0 aliphatic rings. The molecule has 9 heteroatoms. The van der Waals surface area contributed by atoms with Crippen LogP contribution in [0, 0.1) is 0 Å². The van der Waals surface area contributed by atoms with E-state index in [-0.39, 0.29) is 0 Å². The molecule has 13 rings (SSSR count). The minimum absolute atomic E-state index is 0.487. The minimum Gasteiger partial charge on any atom is -0.455 e. The zero-order chi connectivity index (χ0) is 45.0. The highest BCUT2D eigenvalue weighted by Crippen LogP contribution is 2.44. The zero-order valence-corrected chi connectivity index (χ0v) is 36.3. The number of pyridine rings is 1. The molecule has 68 heavy (non-hydrogen) atoms. The fourth-order valence-corrected chi connectivity index (χ4v) is 9.25. The molecule has 8 aromatic carbocycles. The molecule has 0 fully saturated rings. The van der Waals surface area contributed by atoms with Crippen LogP contribution in [0.1, 0.15) is 0 Å². The lowest BCUT2D eigenvalue weighted by Gasteiger charge is -2.18. The van der Waals surface area contributed by atoms with Gasteiger partial charge in [-0.15, -0.1) is 0 Å². The maximum atomic E-state index is 6.72. The normalized spacial score (nSPS) is 11.5. The summed E-state index contributed by atoms with van der Waals surface area (Å²) < 4.78 is 9.05. The SMILES string of the molecule is c1ccc(-c2nc(-c3ccccc3)nc(-c3ccc(-n4c5ccccc5c5c6oc7ccccc7c6ccc54)c(-c4ccncc4-c4nc(-c5ccccc5)nc(-c5ccccc5)n4)c3)n2)cc1. The van der Waals surface area contributed by atoms with Gasteiger partial charge in [-0.25, -0.2) is 29.9 Å². The van der Waals surface area contributed by atoms with E-state index in [1.165, 1.54) is 0 Å². The lowest BCUT2D eigenvalue weighted by atomic mass is 9.96.